The van der Waals surface area contributed by atoms with Crippen molar-refractivity contribution < 1.29 is 9.84 Å². The first-order chi connectivity index (χ1) is 5.86. The Labute approximate surface area is 74.2 Å². The largest absolute Gasteiger partial charge is 0.396 e. The van der Waals surface area contributed by atoms with Crippen LogP contribution in [-0.2, 0) is 4.74 Å². The Bertz CT molecular complexity index is 152. The van der Waals surface area contributed by atoms with Crippen molar-refractivity contribution in [1.82, 2.24) is 0 Å². The summed E-state index contributed by atoms with van der Waals surface area (Å²) in [5.74, 6) is 0.698. The lowest BCUT2D eigenvalue weighted by Crippen LogP contribution is -2.03. The van der Waals surface area contributed by atoms with Gasteiger partial charge in [0.1, 0.15) is 0 Å². The van der Waals surface area contributed by atoms with Crippen LogP contribution in [0.25, 0.3) is 0 Å². The zero-order valence-electron chi connectivity index (χ0n) is 7.75. The molecule has 0 aliphatic heterocycles. The first-order valence-corrected chi connectivity index (χ1v) is 4.64. The van der Waals surface area contributed by atoms with Crippen LogP contribution in [0.3, 0.4) is 0 Å². The van der Waals surface area contributed by atoms with Crippen molar-refractivity contribution >= 4 is 0 Å². The summed E-state index contributed by atoms with van der Waals surface area (Å²) in [4.78, 5) is 0. The molecule has 0 aromatic carbocycles. The highest BCUT2D eigenvalue weighted by Crippen LogP contribution is 2.27. The maximum absolute atomic E-state index is 8.64. The van der Waals surface area contributed by atoms with Gasteiger partial charge < -0.3 is 9.84 Å². The molecule has 12 heavy (non-hydrogen) atoms. The van der Waals surface area contributed by atoms with Gasteiger partial charge in [-0.25, -0.2) is 0 Å². The molecule has 1 rings (SSSR count). The number of methoxy groups -OCH3 is 1. The van der Waals surface area contributed by atoms with Gasteiger partial charge in [0.05, 0.1) is 0 Å². The first kappa shape index (κ1) is 9.75. The van der Waals surface area contributed by atoms with Crippen molar-refractivity contribution in [3.05, 3.63) is 11.6 Å². The van der Waals surface area contributed by atoms with Gasteiger partial charge in [-0.2, -0.15) is 0 Å². The van der Waals surface area contributed by atoms with Crippen molar-refractivity contribution in [2.24, 2.45) is 5.92 Å². The molecule has 0 heterocycles. The van der Waals surface area contributed by atoms with E-state index in [1.807, 2.05) is 0 Å². The minimum absolute atomic E-state index is 0.312. The SMILES string of the molecule is COCC1CC=C(CCCO)C1. The third kappa shape index (κ3) is 2.95. The molecule has 0 fully saturated rings. The zero-order valence-corrected chi connectivity index (χ0v) is 7.75. The van der Waals surface area contributed by atoms with Crippen molar-refractivity contribution in [2.75, 3.05) is 20.3 Å². The van der Waals surface area contributed by atoms with Crippen molar-refractivity contribution in [2.45, 2.75) is 25.7 Å². The second kappa shape index (κ2) is 5.33. The van der Waals surface area contributed by atoms with Crippen LogP contribution in [0.1, 0.15) is 25.7 Å². The van der Waals surface area contributed by atoms with Crippen LogP contribution in [-0.4, -0.2) is 25.4 Å². The zero-order chi connectivity index (χ0) is 8.81. The van der Waals surface area contributed by atoms with E-state index in [4.69, 9.17) is 9.84 Å². The molecule has 0 aromatic rings. The fourth-order valence-corrected chi connectivity index (χ4v) is 1.74. The molecule has 70 valence electrons. The summed E-state index contributed by atoms with van der Waals surface area (Å²) in [6.07, 6.45) is 6.62. The second-order valence-corrected chi connectivity index (χ2v) is 3.45. The van der Waals surface area contributed by atoms with E-state index in [0.29, 0.717) is 12.5 Å². The molecule has 1 atom stereocenters. The Hall–Kier alpha value is -0.340. The molecular formula is C10H18O2. The van der Waals surface area contributed by atoms with Crippen LogP contribution in [0.5, 0.6) is 0 Å². The van der Waals surface area contributed by atoms with Gasteiger partial charge in [-0.1, -0.05) is 11.6 Å². The maximum Gasteiger partial charge on any atom is 0.0496 e. The predicted molar refractivity (Wildman–Crippen MR) is 49.0 cm³/mol. The number of hydrogen-bond donors (Lipinski definition) is 1. The second-order valence-electron chi connectivity index (χ2n) is 3.45. The molecule has 0 saturated heterocycles. The average Bonchev–Trinajstić information content (AvgIpc) is 2.50. The number of hydrogen-bond acceptors (Lipinski definition) is 2. The summed E-state index contributed by atoms with van der Waals surface area (Å²) in [5, 5.41) is 8.64. The highest BCUT2D eigenvalue weighted by Gasteiger charge is 2.15. The monoisotopic (exact) mass is 170 g/mol. The Kier molecular flexibility index (Phi) is 4.33. The molecule has 2 heteroatoms. The number of rotatable bonds is 5. The molecular weight excluding hydrogens is 152 g/mol. The molecule has 0 amide bonds. The molecule has 1 aliphatic carbocycles. The quantitative estimate of drug-likeness (QED) is 0.637. The van der Waals surface area contributed by atoms with Gasteiger partial charge in [0.2, 0.25) is 0 Å². The lowest BCUT2D eigenvalue weighted by Gasteiger charge is -2.07. The summed E-state index contributed by atoms with van der Waals surface area (Å²) >= 11 is 0. The number of ether oxygens (including phenoxy) is 1. The standard InChI is InChI=1S/C10H18O2/c1-12-8-10-5-4-9(7-10)3-2-6-11/h4,10-11H,2-3,5-8H2,1H3. The molecule has 0 saturated carbocycles. The van der Waals surface area contributed by atoms with Crippen LogP contribution < -0.4 is 0 Å². The summed E-state index contributed by atoms with van der Waals surface area (Å²) in [6.45, 7) is 1.19. The summed E-state index contributed by atoms with van der Waals surface area (Å²) in [7, 11) is 1.76. The van der Waals surface area contributed by atoms with Gasteiger partial charge in [0, 0.05) is 20.3 Å². The van der Waals surface area contributed by atoms with E-state index >= 15 is 0 Å². The summed E-state index contributed by atoms with van der Waals surface area (Å²) < 4.78 is 5.10. The molecule has 1 unspecified atom stereocenters. The van der Waals surface area contributed by atoms with E-state index in [-0.39, 0.29) is 0 Å². The van der Waals surface area contributed by atoms with E-state index in [1.165, 1.54) is 12.0 Å². The van der Waals surface area contributed by atoms with Crippen LogP contribution in [0.4, 0.5) is 0 Å². The predicted octanol–water partition coefficient (Wildman–Crippen LogP) is 1.74. The van der Waals surface area contributed by atoms with E-state index in [9.17, 15) is 0 Å². The molecule has 0 spiro atoms. The smallest absolute Gasteiger partial charge is 0.0496 e. The Morgan fingerprint density at radius 3 is 3.17 bits per heavy atom. The third-order valence-electron chi connectivity index (χ3n) is 2.35. The van der Waals surface area contributed by atoms with Crippen molar-refractivity contribution in [3.8, 4) is 0 Å². The van der Waals surface area contributed by atoms with Crippen molar-refractivity contribution in [1.29, 1.82) is 0 Å². The first-order valence-electron chi connectivity index (χ1n) is 4.64. The Balaban J connectivity index is 2.14. The highest BCUT2D eigenvalue weighted by atomic mass is 16.5. The van der Waals surface area contributed by atoms with Gasteiger partial charge in [-0.05, 0) is 31.6 Å². The Morgan fingerprint density at radius 1 is 1.67 bits per heavy atom. The normalized spacial score (nSPS) is 22.8. The van der Waals surface area contributed by atoms with Crippen molar-refractivity contribution in [3.63, 3.8) is 0 Å². The minimum atomic E-state index is 0.312. The number of allylic oxidation sites excluding steroid dienone is 2. The lowest BCUT2D eigenvalue weighted by molar-refractivity contribution is 0.156. The molecule has 0 bridgehead atoms. The van der Waals surface area contributed by atoms with Crippen LogP contribution in [0, 0.1) is 5.92 Å². The minimum Gasteiger partial charge on any atom is -0.396 e. The molecule has 2 nitrogen and oxygen atoms in total. The van der Waals surface area contributed by atoms with E-state index < -0.39 is 0 Å². The van der Waals surface area contributed by atoms with E-state index in [0.717, 1.165) is 25.9 Å². The van der Waals surface area contributed by atoms with Crippen LogP contribution in [0.15, 0.2) is 11.6 Å². The van der Waals surface area contributed by atoms with E-state index in [2.05, 4.69) is 6.08 Å². The van der Waals surface area contributed by atoms with Gasteiger partial charge in [0.25, 0.3) is 0 Å². The van der Waals surface area contributed by atoms with E-state index in [1.54, 1.807) is 7.11 Å². The fraction of sp³-hybridized carbons (Fsp3) is 0.800. The number of aliphatic hydroxyl groups excluding tert-OH is 1. The fourth-order valence-electron chi connectivity index (χ4n) is 1.74. The van der Waals surface area contributed by atoms with Gasteiger partial charge in [-0.3, -0.25) is 0 Å². The van der Waals surface area contributed by atoms with Crippen LogP contribution >= 0.6 is 0 Å². The number of aliphatic hydroxyl groups is 1. The lowest BCUT2D eigenvalue weighted by atomic mass is 10.0. The molecule has 1 aliphatic rings. The van der Waals surface area contributed by atoms with Gasteiger partial charge in [-0.15, -0.1) is 0 Å². The summed E-state index contributed by atoms with van der Waals surface area (Å²) in [5.41, 5.74) is 1.51. The average molecular weight is 170 g/mol. The molecule has 0 radical (unpaired) electrons. The topological polar surface area (TPSA) is 29.5 Å². The van der Waals surface area contributed by atoms with Crippen LogP contribution in [0.2, 0.25) is 0 Å². The molecule has 1 N–H and O–H groups in total. The highest BCUT2D eigenvalue weighted by molar-refractivity contribution is 5.09. The van der Waals surface area contributed by atoms with Gasteiger partial charge >= 0.3 is 0 Å². The summed E-state index contributed by atoms with van der Waals surface area (Å²) in [6, 6.07) is 0. The molecule has 0 aromatic heterocycles. The van der Waals surface area contributed by atoms with Gasteiger partial charge in [0.15, 0.2) is 0 Å². The maximum atomic E-state index is 8.64. The Morgan fingerprint density at radius 2 is 2.50 bits per heavy atom. The third-order valence-corrected chi connectivity index (χ3v) is 2.35.